The number of rotatable bonds is 2. The van der Waals surface area contributed by atoms with E-state index in [1.807, 2.05) is 14.1 Å². The third-order valence-corrected chi connectivity index (χ3v) is 2.65. The van der Waals surface area contributed by atoms with Gasteiger partial charge >= 0.3 is 0 Å². The van der Waals surface area contributed by atoms with Crippen molar-refractivity contribution in [1.29, 1.82) is 0 Å². The largest absolute Gasteiger partial charge is 0.326 e. The normalized spacial score (nSPS) is 39.0. The van der Waals surface area contributed by atoms with Gasteiger partial charge in [-0.2, -0.15) is 0 Å². The van der Waals surface area contributed by atoms with Crippen LogP contribution in [0.4, 0.5) is 0 Å². The van der Waals surface area contributed by atoms with Crippen LogP contribution in [0.25, 0.3) is 0 Å². The van der Waals surface area contributed by atoms with E-state index in [9.17, 15) is 0 Å². The summed E-state index contributed by atoms with van der Waals surface area (Å²) in [5.41, 5.74) is 5.95. The van der Waals surface area contributed by atoms with Gasteiger partial charge in [-0.15, -0.1) is 0 Å². The van der Waals surface area contributed by atoms with Crippen LogP contribution in [0.3, 0.4) is 0 Å². The fraction of sp³-hybridized carbons (Fsp3) is 1.00. The van der Waals surface area contributed by atoms with Crippen molar-refractivity contribution in [2.75, 3.05) is 14.1 Å². The van der Waals surface area contributed by atoms with Crippen molar-refractivity contribution >= 4 is 0 Å². The van der Waals surface area contributed by atoms with Gasteiger partial charge in [0, 0.05) is 18.1 Å². The van der Waals surface area contributed by atoms with E-state index in [0.717, 1.165) is 6.42 Å². The van der Waals surface area contributed by atoms with Crippen LogP contribution in [-0.2, 0) is 0 Å². The molecule has 1 fully saturated rings. The summed E-state index contributed by atoms with van der Waals surface area (Å²) in [6.07, 6.45) is 3.66. The van der Waals surface area contributed by atoms with Crippen LogP contribution in [0.5, 0.6) is 0 Å². The van der Waals surface area contributed by atoms with E-state index in [2.05, 4.69) is 10.6 Å². The predicted molar refractivity (Wildman–Crippen MR) is 47.5 cm³/mol. The second kappa shape index (κ2) is 4.04. The summed E-state index contributed by atoms with van der Waals surface area (Å²) in [5, 5.41) is 6.56. The Bertz CT molecular complexity index is 116. The number of nitrogens with two attached hydrogens (primary N) is 1. The van der Waals surface area contributed by atoms with E-state index < -0.39 is 0 Å². The van der Waals surface area contributed by atoms with Crippen LogP contribution < -0.4 is 16.4 Å². The zero-order valence-corrected chi connectivity index (χ0v) is 7.43. The summed E-state index contributed by atoms with van der Waals surface area (Å²) in [6, 6.07) is 1.34. The van der Waals surface area contributed by atoms with Gasteiger partial charge in [0.1, 0.15) is 0 Å². The minimum absolute atomic E-state index is 0.325. The summed E-state index contributed by atoms with van der Waals surface area (Å²) < 4.78 is 0. The summed E-state index contributed by atoms with van der Waals surface area (Å²) >= 11 is 0. The quantitative estimate of drug-likeness (QED) is 0.514. The molecule has 0 saturated heterocycles. The Morgan fingerprint density at radius 1 is 1.18 bits per heavy atom. The highest BCUT2D eigenvalue weighted by molar-refractivity contribution is 4.92. The highest BCUT2D eigenvalue weighted by Crippen LogP contribution is 2.16. The van der Waals surface area contributed by atoms with Gasteiger partial charge in [0.2, 0.25) is 0 Å². The summed E-state index contributed by atoms with van der Waals surface area (Å²) in [4.78, 5) is 0. The maximum Gasteiger partial charge on any atom is 0.0370 e. The highest BCUT2D eigenvalue weighted by Gasteiger charge is 2.28. The molecule has 3 heteroatoms. The zero-order valence-electron chi connectivity index (χ0n) is 7.43. The molecule has 0 aromatic rings. The van der Waals surface area contributed by atoms with Gasteiger partial charge in [0.25, 0.3) is 0 Å². The number of nitrogens with one attached hydrogen (secondary N) is 2. The van der Waals surface area contributed by atoms with Gasteiger partial charge in [0.05, 0.1) is 0 Å². The molecule has 0 aromatic carbocycles. The molecule has 0 spiro atoms. The molecule has 11 heavy (non-hydrogen) atoms. The standard InChI is InChI=1S/C8H19N3/c1-10-7-5-3-4-6(9)8(7)11-2/h6-8,10-11H,3-5,9H2,1-2H3. The monoisotopic (exact) mass is 157 g/mol. The van der Waals surface area contributed by atoms with Crippen LogP contribution in [-0.4, -0.2) is 32.2 Å². The fourth-order valence-electron chi connectivity index (χ4n) is 1.97. The molecule has 4 N–H and O–H groups in total. The lowest BCUT2D eigenvalue weighted by atomic mass is 9.87. The maximum atomic E-state index is 5.95. The van der Waals surface area contributed by atoms with Gasteiger partial charge < -0.3 is 16.4 Å². The highest BCUT2D eigenvalue weighted by atomic mass is 15.0. The van der Waals surface area contributed by atoms with Crippen LogP contribution in [0.15, 0.2) is 0 Å². The Kier molecular flexibility index (Phi) is 3.30. The molecule has 0 heterocycles. The first-order valence-electron chi connectivity index (χ1n) is 4.39. The average Bonchev–Trinajstić information content (AvgIpc) is 2.04. The zero-order chi connectivity index (χ0) is 8.27. The average molecular weight is 157 g/mol. The first-order chi connectivity index (χ1) is 5.29. The van der Waals surface area contributed by atoms with Gasteiger partial charge in [0.15, 0.2) is 0 Å². The molecule has 1 rings (SSSR count). The van der Waals surface area contributed by atoms with Gasteiger partial charge in [-0.25, -0.2) is 0 Å². The second-order valence-electron chi connectivity index (χ2n) is 3.30. The van der Waals surface area contributed by atoms with E-state index in [1.165, 1.54) is 12.8 Å². The number of hydrogen-bond acceptors (Lipinski definition) is 3. The second-order valence-corrected chi connectivity index (χ2v) is 3.30. The number of likely N-dealkylation sites (N-methyl/N-ethyl adjacent to an activating group) is 2. The minimum Gasteiger partial charge on any atom is -0.326 e. The van der Waals surface area contributed by atoms with Crippen molar-refractivity contribution < 1.29 is 0 Å². The van der Waals surface area contributed by atoms with Gasteiger partial charge in [-0.3, -0.25) is 0 Å². The summed E-state index contributed by atoms with van der Waals surface area (Å²) in [5.74, 6) is 0. The van der Waals surface area contributed by atoms with Crippen LogP contribution in [0, 0.1) is 0 Å². The molecule has 0 bridgehead atoms. The van der Waals surface area contributed by atoms with E-state index in [-0.39, 0.29) is 0 Å². The van der Waals surface area contributed by atoms with Crippen LogP contribution >= 0.6 is 0 Å². The molecule has 1 aliphatic rings. The number of hydrogen-bond donors (Lipinski definition) is 3. The first kappa shape index (κ1) is 8.97. The van der Waals surface area contributed by atoms with Gasteiger partial charge in [-0.05, 0) is 26.9 Å². The Balaban J connectivity index is 2.48. The van der Waals surface area contributed by atoms with Crippen LogP contribution in [0.1, 0.15) is 19.3 Å². The SMILES string of the molecule is CNC1CCCC(N)C1NC. The Labute approximate surface area is 68.7 Å². The molecule has 0 radical (unpaired) electrons. The minimum atomic E-state index is 0.325. The van der Waals surface area contributed by atoms with Crippen LogP contribution in [0.2, 0.25) is 0 Å². The molecule has 0 aliphatic heterocycles. The lowest BCUT2D eigenvalue weighted by Gasteiger charge is -2.35. The summed E-state index contributed by atoms with van der Waals surface area (Å²) in [6.45, 7) is 0. The lowest BCUT2D eigenvalue weighted by molar-refractivity contribution is 0.274. The third-order valence-electron chi connectivity index (χ3n) is 2.65. The molecular formula is C8H19N3. The van der Waals surface area contributed by atoms with E-state index >= 15 is 0 Å². The van der Waals surface area contributed by atoms with Crippen molar-refractivity contribution in [3.8, 4) is 0 Å². The molecule has 66 valence electrons. The third kappa shape index (κ3) is 1.92. The van der Waals surface area contributed by atoms with E-state index in [1.54, 1.807) is 0 Å². The van der Waals surface area contributed by atoms with Crippen molar-refractivity contribution in [3.63, 3.8) is 0 Å². The first-order valence-corrected chi connectivity index (χ1v) is 4.39. The predicted octanol–water partition coefficient (Wildman–Crippen LogP) is -0.326. The smallest absolute Gasteiger partial charge is 0.0370 e. The molecule has 0 aromatic heterocycles. The Hall–Kier alpha value is -0.120. The lowest BCUT2D eigenvalue weighted by Crippen LogP contribution is -2.57. The Morgan fingerprint density at radius 2 is 1.91 bits per heavy atom. The Morgan fingerprint density at radius 3 is 2.36 bits per heavy atom. The summed E-state index contributed by atoms with van der Waals surface area (Å²) in [7, 11) is 3.99. The van der Waals surface area contributed by atoms with Crippen molar-refractivity contribution in [2.45, 2.75) is 37.4 Å². The molecule has 3 nitrogen and oxygen atoms in total. The van der Waals surface area contributed by atoms with Gasteiger partial charge in [-0.1, -0.05) is 6.42 Å². The van der Waals surface area contributed by atoms with Crippen molar-refractivity contribution in [1.82, 2.24) is 10.6 Å². The fourth-order valence-corrected chi connectivity index (χ4v) is 1.97. The molecule has 3 unspecified atom stereocenters. The van der Waals surface area contributed by atoms with Crippen molar-refractivity contribution in [2.24, 2.45) is 5.73 Å². The van der Waals surface area contributed by atoms with E-state index in [4.69, 9.17) is 5.73 Å². The topological polar surface area (TPSA) is 50.1 Å². The maximum absolute atomic E-state index is 5.95. The molecule has 0 amide bonds. The molecular weight excluding hydrogens is 138 g/mol. The molecule has 1 aliphatic carbocycles. The molecule has 3 atom stereocenters. The van der Waals surface area contributed by atoms with Crippen molar-refractivity contribution in [3.05, 3.63) is 0 Å². The molecule has 1 saturated carbocycles. The van der Waals surface area contributed by atoms with E-state index in [0.29, 0.717) is 18.1 Å².